The topological polar surface area (TPSA) is 109 Å². The first-order chi connectivity index (χ1) is 17.5. The third-order valence-electron chi connectivity index (χ3n) is 8.11. The molecular weight excluding hydrogens is 470 g/mol. The second-order valence-corrected chi connectivity index (χ2v) is 11.4. The highest BCUT2D eigenvalue weighted by molar-refractivity contribution is 5.88. The van der Waals surface area contributed by atoms with Gasteiger partial charge in [0, 0.05) is 18.5 Å². The number of carbonyl (C=O) groups is 2. The molecule has 2 fully saturated rings. The van der Waals surface area contributed by atoms with Crippen molar-refractivity contribution in [3.8, 4) is 0 Å². The van der Waals surface area contributed by atoms with Crippen LogP contribution in [0.15, 0.2) is 43.1 Å². The van der Waals surface area contributed by atoms with Gasteiger partial charge >= 0.3 is 5.97 Å². The minimum Gasteiger partial charge on any atom is -0.458 e. The van der Waals surface area contributed by atoms with Crippen molar-refractivity contribution in [3.05, 3.63) is 48.8 Å². The van der Waals surface area contributed by atoms with E-state index in [-0.39, 0.29) is 29.8 Å². The van der Waals surface area contributed by atoms with E-state index in [0.717, 1.165) is 25.0 Å². The molecule has 0 amide bonds. The molecule has 204 valence electrons. The Morgan fingerprint density at radius 2 is 1.97 bits per heavy atom. The van der Waals surface area contributed by atoms with E-state index in [2.05, 4.69) is 18.5 Å². The van der Waals surface area contributed by atoms with Crippen molar-refractivity contribution in [2.45, 2.75) is 103 Å². The van der Waals surface area contributed by atoms with E-state index in [1.807, 2.05) is 31.2 Å². The minimum atomic E-state index is -1.25. The van der Waals surface area contributed by atoms with Crippen molar-refractivity contribution in [2.75, 3.05) is 0 Å². The molecule has 0 saturated carbocycles. The molecule has 0 radical (unpaired) electrons. The van der Waals surface area contributed by atoms with E-state index in [1.54, 1.807) is 32.2 Å². The van der Waals surface area contributed by atoms with Crippen LogP contribution in [0.4, 0.5) is 0 Å². The zero-order valence-corrected chi connectivity index (χ0v) is 22.6. The molecule has 7 heteroatoms. The number of aliphatic hydroxyl groups is 2. The second kappa shape index (κ2) is 12.5. The molecule has 0 aromatic carbocycles. The number of allylic oxidation sites excluding steroid dienone is 1. The first-order valence-electron chi connectivity index (χ1n) is 13.5. The first-order valence-corrected chi connectivity index (χ1v) is 13.5. The van der Waals surface area contributed by atoms with Gasteiger partial charge in [0.25, 0.3) is 0 Å². The molecule has 2 aliphatic rings. The average molecular weight is 514 g/mol. The fourth-order valence-electron chi connectivity index (χ4n) is 5.23. The zero-order chi connectivity index (χ0) is 27.2. The number of aliphatic hydroxyl groups excluding tert-OH is 2. The van der Waals surface area contributed by atoms with Crippen LogP contribution in [-0.2, 0) is 19.1 Å². The van der Waals surface area contributed by atoms with E-state index in [0.29, 0.717) is 19.3 Å². The molecule has 2 unspecified atom stereocenters. The van der Waals surface area contributed by atoms with Gasteiger partial charge in [0.15, 0.2) is 0 Å². The maximum absolute atomic E-state index is 13.6. The number of epoxide rings is 1. The Kier molecular flexibility index (Phi) is 9.84. The van der Waals surface area contributed by atoms with E-state index in [1.165, 1.54) is 0 Å². The minimum absolute atomic E-state index is 0.0601. The molecule has 1 aromatic rings. The third-order valence-corrected chi connectivity index (χ3v) is 8.11. The number of hydrogen-bond donors (Lipinski definition) is 2. The number of cyclic esters (lactones) is 1. The molecule has 7 nitrogen and oxygen atoms in total. The second-order valence-electron chi connectivity index (χ2n) is 11.4. The van der Waals surface area contributed by atoms with Crippen molar-refractivity contribution in [2.24, 2.45) is 17.3 Å². The number of rotatable bonds is 5. The Morgan fingerprint density at radius 1 is 1.22 bits per heavy atom. The fourth-order valence-corrected chi connectivity index (χ4v) is 5.23. The van der Waals surface area contributed by atoms with Crippen LogP contribution in [0.5, 0.6) is 0 Å². The highest BCUT2D eigenvalue weighted by Gasteiger charge is 2.52. The molecule has 7 atom stereocenters. The standard InChI is InChI=1S/C30H43NO6/c1-6-7-13-23-27(34)20(2)11-10-16-30(5)25(37-30)18-22(15-14-21-12-8-9-17-31-21)36-26(33)19-24(32)29(3,4)28(23)35/h6,8-9,12,14-15,17,20,22-25,27,32,34H,1,7,10-11,13,16,18-19H2,2-5H3/b15-14+/t20-,22+,23+,24+,25?,27-,30?/m0/s1. The van der Waals surface area contributed by atoms with E-state index in [4.69, 9.17) is 9.47 Å². The lowest BCUT2D eigenvalue weighted by Gasteiger charge is -2.36. The molecule has 0 aliphatic carbocycles. The summed E-state index contributed by atoms with van der Waals surface area (Å²) < 4.78 is 11.8. The van der Waals surface area contributed by atoms with Crippen LogP contribution < -0.4 is 0 Å². The smallest absolute Gasteiger partial charge is 0.309 e. The Balaban J connectivity index is 1.84. The van der Waals surface area contributed by atoms with Crippen molar-refractivity contribution >= 4 is 17.8 Å². The number of carbonyl (C=O) groups excluding carboxylic acids is 2. The number of ketones is 1. The Morgan fingerprint density at radius 3 is 2.65 bits per heavy atom. The van der Waals surface area contributed by atoms with Gasteiger partial charge < -0.3 is 19.7 Å². The lowest BCUT2D eigenvalue weighted by Crippen LogP contribution is -2.46. The van der Waals surface area contributed by atoms with E-state index >= 15 is 0 Å². The van der Waals surface area contributed by atoms with Gasteiger partial charge in [-0.1, -0.05) is 39.3 Å². The predicted molar refractivity (Wildman–Crippen MR) is 142 cm³/mol. The van der Waals surface area contributed by atoms with Crippen molar-refractivity contribution in [1.29, 1.82) is 0 Å². The number of ether oxygens (including phenoxy) is 2. The van der Waals surface area contributed by atoms with Gasteiger partial charge in [0.05, 0.1) is 41.4 Å². The van der Waals surface area contributed by atoms with E-state index in [9.17, 15) is 19.8 Å². The summed E-state index contributed by atoms with van der Waals surface area (Å²) in [4.78, 5) is 30.8. The average Bonchev–Trinajstić information content (AvgIpc) is 3.50. The van der Waals surface area contributed by atoms with Crippen LogP contribution in [0.3, 0.4) is 0 Å². The van der Waals surface area contributed by atoms with Crippen LogP contribution in [0.1, 0.15) is 78.3 Å². The van der Waals surface area contributed by atoms with Gasteiger partial charge in [0.2, 0.25) is 0 Å². The highest BCUT2D eigenvalue weighted by Crippen LogP contribution is 2.44. The lowest BCUT2D eigenvalue weighted by atomic mass is 9.71. The number of nitrogens with zero attached hydrogens (tertiary/aromatic N) is 1. The summed E-state index contributed by atoms with van der Waals surface area (Å²) in [5.41, 5.74) is -0.805. The SMILES string of the molecule is C=CCC[C@H]1C(=O)C(C)(C)[C@H](O)CC(=O)O[C@H](/C=C/c2ccccn2)CC2OC2(C)CCC[C@H](C)[C@@H]1O. The summed E-state index contributed by atoms with van der Waals surface area (Å²) >= 11 is 0. The Labute approximate surface area is 221 Å². The molecule has 2 N–H and O–H groups in total. The Hall–Kier alpha value is -2.35. The number of fused-ring (bicyclic) bond motifs is 1. The van der Waals surface area contributed by atoms with Crippen molar-refractivity contribution in [1.82, 2.24) is 4.98 Å². The molecule has 37 heavy (non-hydrogen) atoms. The first kappa shape index (κ1) is 29.2. The zero-order valence-electron chi connectivity index (χ0n) is 22.6. The fraction of sp³-hybridized carbons (Fsp3) is 0.633. The maximum Gasteiger partial charge on any atom is 0.309 e. The summed E-state index contributed by atoms with van der Waals surface area (Å²) in [6.45, 7) is 11.1. The normalized spacial score (nSPS) is 35.5. The summed E-state index contributed by atoms with van der Waals surface area (Å²) in [7, 11) is 0. The van der Waals surface area contributed by atoms with Gasteiger partial charge in [-0.05, 0) is 62.8 Å². The third kappa shape index (κ3) is 7.59. The van der Waals surface area contributed by atoms with Crippen LogP contribution in [-0.4, -0.2) is 57.0 Å². The molecule has 0 spiro atoms. The summed E-state index contributed by atoms with van der Waals surface area (Å²) in [5, 5.41) is 22.2. The number of Topliss-reactive ketones (excluding diaryl/α,β-unsaturated/α-hetero) is 1. The van der Waals surface area contributed by atoms with Gasteiger partial charge in [-0.3, -0.25) is 14.6 Å². The van der Waals surface area contributed by atoms with Crippen molar-refractivity contribution < 1.29 is 29.3 Å². The van der Waals surface area contributed by atoms with Gasteiger partial charge in [-0.15, -0.1) is 6.58 Å². The summed E-state index contributed by atoms with van der Waals surface area (Å²) in [6, 6.07) is 5.58. The van der Waals surface area contributed by atoms with Crippen LogP contribution >= 0.6 is 0 Å². The molecule has 1 aromatic heterocycles. The summed E-state index contributed by atoms with van der Waals surface area (Å²) in [6.07, 6.45) is 7.93. The van der Waals surface area contributed by atoms with Crippen LogP contribution in [0.25, 0.3) is 6.08 Å². The molecule has 0 bridgehead atoms. The van der Waals surface area contributed by atoms with E-state index < -0.39 is 35.6 Å². The predicted octanol–water partition coefficient (Wildman–Crippen LogP) is 4.66. The number of hydrogen-bond acceptors (Lipinski definition) is 7. The molecule has 3 heterocycles. The van der Waals surface area contributed by atoms with Crippen molar-refractivity contribution in [3.63, 3.8) is 0 Å². The summed E-state index contributed by atoms with van der Waals surface area (Å²) in [5.74, 6) is -1.59. The lowest BCUT2D eigenvalue weighted by molar-refractivity contribution is -0.154. The molecule has 2 saturated heterocycles. The van der Waals surface area contributed by atoms with Crippen LogP contribution in [0.2, 0.25) is 0 Å². The molecular formula is C30H43NO6. The largest absolute Gasteiger partial charge is 0.458 e. The number of pyridine rings is 1. The quantitative estimate of drug-likeness (QED) is 0.335. The molecule has 2 aliphatic heterocycles. The highest BCUT2D eigenvalue weighted by atomic mass is 16.6. The molecule has 3 rings (SSSR count). The van der Waals surface area contributed by atoms with Gasteiger partial charge in [-0.2, -0.15) is 0 Å². The van der Waals surface area contributed by atoms with Gasteiger partial charge in [0.1, 0.15) is 11.9 Å². The number of esters is 1. The van der Waals surface area contributed by atoms with Gasteiger partial charge in [-0.25, -0.2) is 0 Å². The Bertz CT molecular complexity index is 960. The van der Waals surface area contributed by atoms with Crippen LogP contribution in [0, 0.1) is 17.3 Å². The monoisotopic (exact) mass is 513 g/mol. The number of aromatic nitrogens is 1. The maximum atomic E-state index is 13.6.